The Kier molecular flexibility index (Phi) is 3.83. The van der Waals surface area contributed by atoms with Crippen molar-refractivity contribution in [1.82, 2.24) is 4.57 Å². The fraction of sp³-hybridized carbons (Fsp3) is 0.438. The molecule has 1 aromatic heterocycles. The van der Waals surface area contributed by atoms with Gasteiger partial charge in [0, 0.05) is 12.4 Å². The van der Waals surface area contributed by atoms with Gasteiger partial charge in [0.15, 0.2) is 4.80 Å². The molecule has 0 saturated heterocycles. The molecule has 0 N–H and O–H groups in total. The van der Waals surface area contributed by atoms with Crippen LogP contribution in [0.3, 0.4) is 0 Å². The van der Waals surface area contributed by atoms with Crippen molar-refractivity contribution in [2.45, 2.75) is 38.1 Å². The topological polar surface area (TPSA) is 17.3 Å². The van der Waals surface area contributed by atoms with Gasteiger partial charge >= 0.3 is 0 Å². The van der Waals surface area contributed by atoms with Crippen LogP contribution in [-0.4, -0.2) is 10.6 Å². The zero-order valence-electron chi connectivity index (χ0n) is 11.4. The van der Waals surface area contributed by atoms with Gasteiger partial charge in [-0.3, -0.25) is 4.99 Å². The molecule has 0 spiro atoms. The van der Waals surface area contributed by atoms with Crippen LogP contribution >= 0.6 is 11.3 Å². The summed E-state index contributed by atoms with van der Waals surface area (Å²) in [5.41, 5.74) is 2.53. The van der Waals surface area contributed by atoms with Gasteiger partial charge in [0.1, 0.15) is 0 Å². The van der Waals surface area contributed by atoms with Crippen LogP contribution in [0.4, 0.5) is 0 Å². The molecular weight excluding hydrogens is 252 g/mol. The van der Waals surface area contributed by atoms with Gasteiger partial charge in [-0.25, -0.2) is 0 Å². The van der Waals surface area contributed by atoms with Gasteiger partial charge in [-0.2, -0.15) is 0 Å². The summed E-state index contributed by atoms with van der Waals surface area (Å²) in [5, 5.41) is 2.22. The maximum atomic E-state index is 4.95. The Labute approximate surface area is 118 Å². The average molecular weight is 272 g/mol. The molecule has 100 valence electrons. The van der Waals surface area contributed by atoms with E-state index in [9.17, 15) is 0 Å². The molecule has 0 aliphatic heterocycles. The minimum Gasteiger partial charge on any atom is -0.320 e. The van der Waals surface area contributed by atoms with Crippen LogP contribution in [0.25, 0.3) is 11.3 Å². The summed E-state index contributed by atoms with van der Waals surface area (Å²) in [6.07, 6.45) is 6.60. The quantitative estimate of drug-likeness (QED) is 0.786. The highest BCUT2D eigenvalue weighted by atomic mass is 32.1. The van der Waals surface area contributed by atoms with Crippen molar-refractivity contribution in [2.24, 2.45) is 12.0 Å². The molecular formula is C16H20N2S. The summed E-state index contributed by atoms with van der Waals surface area (Å²) in [5.74, 6) is 0. The number of hydrogen-bond donors (Lipinski definition) is 0. The van der Waals surface area contributed by atoms with Crippen molar-refractivity contribution >= 4 is 11.3 Å². The Morgan fingerprint density at radius 2 is 1.84 bits per heavy atom. The first-order valence-corrected chi connectivity index (χ1v) is 7.96. The normalized spacial score (nSPS) is 17.8. The lowest BCUT2D eigenvalue weighted by atomic mass is 9.96. The lowest BCUT2D eigenvalue weighted by Crippen LogP contribution is -2.18. The van der Waals surface area contributed by atoms with E-state index in [2.05, 4.69) is 47.3 Å². The van der Waals surface area contributed by atoms with Gasteiger partial charge in [0.25, 0.3) is 0 Å². The van der Waals surface area contributed by atoms with Gasteiger partial charge in [0.05, 0.1) is 11.7 Å². The maximum Gasteiger partial charge on any atom is 0.185 e. The molecule has 1 aromatic carbocycles. The van der Waals surface area contributed by atoms with E-state index in [1.165, 1.54) is 43.4 Å². The SMILES string of the molecule is Cn1c(-c2ccccc2)csc1=NC1CCCCC1. The molecule has 0 atom stereocenters. The molecule has 1 fully saturated rings. The van der Waals surface area contributed by atoms with Gasteiger partial charge in [0.2, 0.25) is 0 Å². The number of nitrogens with zero attached hydrogens (tertiary/aromatic N) is 2. The molecule has 0 amide bonds. The monoisotopic (exact) mass is 272 g/mol. The highest BCUT2D eigenvalue weighted by Gasteiger charge is 2.12. The summed E-state index contributed by atoms with van der Waals surface area (Å²) in [6, 6.07) is 11.1. The van der Waals surface area contributed by atoms with Gasteiger partial charge in [-0.05, 0) is 18.4 Å². The zero-order valence-corrected chi connectivity index (χ0v) is 12.2. The van der Waals surface area contributed by atoms with Crippen molar-refractivity contribution in [3.63, 3.8) is 0 Å². The largest absolute Gasteiger partial charge is 0.320 e. The molecule has 1 saturated carbocycles. The second kappa shape index (κ2) is 5.74. The fourth-order valence-electron chi connectivity index (χ4n) is 2.72. The zero-order chi connectivity index (χ0) is 13.1. The number of benzene rings is 1. The smallest absolute Gasteiger partial charge is 0.185 e. The Bertz CT molecular complexity index is 589. The molecule has 19 heavy (non-hydrogen) atoms. The van der Waals surface area contributed by atoms with Crippen molar-refractivity contribution in [3.05, 3.63) is 40.5 Å². The van der Waals surface area contributed by atoms with Crippen molar-refractivity contribution in [3.8, 4) is 11.3 Å². The molecule has 1 heterocycles. The molecule has 2 nitrogen and oxygen atoms in total. The third kappa shape index (κ3) is 2.81. The van der Waals surface area contributed by atoms with Crippen molar-refractivity contribution in [1.29, 1.82) is 0 Å². The second-order valence-electron chi connectivity index (χ2n) is 5.25. The van der Waals surface area contributed by atoms with Gasteiger partial charge < -0.3 is 4.57 Å². The summed E-state index contributed by atoms with van der Waals surface area (Å²) in [6.45, 7) is 0. The first-order chi connectivity index (χ1) is 9.34. The average Bonchev–Trinajstić information content (AvgIpc) is 2.82. The first kappa shape index (κ1) is 12.7. The van der Waals surface area contributed by atoms with E-state index >= 15 is 0 Å². The molecule has 0 radical (unpaired) electrons. The van der Waals surface area contributed by atoms with Crippen LogP contribution in [0.2, 0.25) is 0 Å². The number of hydrogen-bond acceptors (Lipinski definition) is 2. The highest BCUT2D eigenvalue weighted by molar-refractivity contribution is 7.07. The number of aromatic nitrogens is 1. The van der Waals surface area contributed by atoms with E-state index in [-0.39, 0.29) is 0 Å². The Morgan fingerprint density at radius 3 is 2.58 bits per heavy atom. The third-order valence-corrected chi connectivity index (χ3v) is 4.79. The highest BCUT2D eigenvalue weighted by Crippen LogP contribution is 2.21. The van der Waals surface area contributed by atoms with Crippen LogP contribution in [-0.2, 0) is 7.05 Å². The first-order valence-electron chi connectivity index (χ1n) is 7.08. The van der Waals surface area contributed by atoms with E-state index < -0.39 is 0 Å². The molecule has 3 heteroatoms. The van der Waals surface area contributed by atoms with E-state index in [0.717, 1.165) is 4.80 Å². The lowest BCUT2D eigenvalue weighted by Gasteiger charge is -2.16. The van der Waals surface area contributed by atoms with Crippen LogP contribution < -0.4 is 4.80 Å². The molecule has 1 aliphatic rings. The summed E-state index contributed by atoms with van der Waals surface area (Å²) in [4.78, 5) is 6.10. The Hall–Kier alpha value is -1.35. The standard InChI is InChI=1S/C16H20N2S/c1-18-15(13-8-4-2-5-9-13)12-19-16(18)17-14-10-6-3-7-11-14/h2,4-5,8-9,12,14H,3,6-7,10-11H2,1H3. The maximum absolute atomic E-state index is 4.95. The summed E-state index contributed by atoms with van der Waals surface area (Å²) in [7, 11) is 2.13. The minimum atomic E-state index is 0.544. The third-order valence-electron chi connectivity index (χ3n) is 3.86. The van der Waals surface area contributed by atoms with E-state index in [0.29, 0.717) is 6.04 Å². The number of thiazole rings is 1. The minimum absolute atomic E-state index is 0.544. The van der Waals surface area contributed by atoms with E-state index in [4.69, 9.17) is 4.99 Å². The van der Waals surface area contributed by atoms with Crippen LogP contribution in [0, 0.1) is 0 Å². The van der Waals surface area contributed by atoms with E-state index in [1.807, 2.05) is 0 Å². The molecule has 3 rings (SSSR count). The Balaban J connectivity index is 1.92. The van der Waals surface area contributed by atoms with Crippen LogP contribution in [0.1, 0.15) is 32.1 Å². The summed E-state index contributed by atoms with van der Waals surface area (Å²) < 4.78 is 2.23. The fourth-order valence-corrected chi connectivity index (χ4v) is 3.70. The lowest BCUT2D eigenvalue weighted by molar-refractivity contribution is 0.435. The molecule has 1 aliphatic carbocycles. The Morgan fingerprint density at radius 1 is 1.11 bits per heavy atom. The van der Waals surface area contributed by atoms with E-state index in [1.54, 1.807) is 11.3 Å². The molecule has 0 bridgehead atoms. The molecule has 0 unspecified atom stereocenters. The van der Waals surface area contributed by atoms with Crippen LogP contribution in [0.15, 0.2) is 40.7 Å². The van der Waals surface area contributed by atoms with Crippen molar-refractivity contribution in [2.75, 3.05) is 0 Å². The second-order valence-corrected chi connectivity index (χ2v) is 6.09. The predicted octanol–water partition coefficient (Wildman–Crippen LogP) is 3.99. The molecule has 2 aromatic rings. The number of rotatable bonds is 2. The predicted molar refractivity (Wildman–Crippen MR) is 81.2 cm³/mol. The van der Waals surface area contributed by atoms with Gasteiger partial charge in [-0.15, -0.1) is 11.3 Å². The summed E-state index contributed by atoms with van der Waals surface area (Å²) >= 11 is 1.76. The van der Waals surface area contributed by atoms with Crippen molar-refractivity contribution < 1.29 is 0 Å². The van der Waals surface area contributed by atoms with Gasteiger partial charge in [-0.1, -0.05) is 49.6 Å². The van der Waals surface area contributed by atoms with Crippen LogP contribution in [0.5, 0.6) is 0 Å².